The number of hydrogen-bond donors (Lipinski definition) is 0. The molecule has 0 aliphatic rings. The first-order chi connectivity index (χ1) is 8.15. The first-order valence-electron chi connectivity index (χ1n) is 5.24. The Labute approximate surface area is 99.3 Å². The lowest BCUT2D eigenvalue weighted by atomic mass is 10.3. The highest BCUT2D eigenvalue weighted by atomic mass is 16.5. The van der Waals surface area contributed by atoms with Crippen molar-refractivity contribution < 1.29 is 9.53 Å². The van der Waals surface area contributed by atoms with Crippen molar-refractivity contribution in [2.45, 2.75) is 13.8 Å². The first kappa shape index (κ1) is 11.3. The third-order valence-electron chi connectivity index (χ3n) is 2.16. The second-order valence-electron chi connectivity index (χ2n) is 3.67. The number of hydrogen-bond acceptors (Lipinski definition) is 4. The predicted molar refractivity (Wildman–Crippen MR) is 62.9 cm³/mol. The van der Waals surface area contributed by atoms with Gasteiger partial charge in [-0.05, 0) is 32.0 Å². The molecule has 0 saturated heterocycles. The number of carbonyl (C=O) groups is 1. The van der Waals surface area contributed by atoms with Crippen LogP contribution >= 0.6 is 0 Å². The molecule has 86 valence electrons. The van der Waals surface area contributed by atoms with Crippen LogP contribution < -0.4 is 4.74 Å². The molecule has 0 aliphatic heterocycles. The zero-order valence-corrected chi connectivity index (χ0v) is 9.68. The summed E-state index contributed by atoms with van der Waals surface area (Å²) in [6, 6.07) is 10.5. The van der Waals surface area contributed by atoms with Crippen molar-refractivity contribution in [3.8, 4) is 5.88 Å². The van der Waals surface area contributed by atoms with Gasteiger partial charge in [-0.15, -0.1) is 0 Å². The number of pyridine rings is 2. The fourth-order valence-electron chi connectivity index (χ4n) is 1.38. The molecule has 0 bridgehead atoms. The Morgan fingerprint density at radius 3 is 2.29 bits per heavy atom. The summed E-state index contributed by atoms with van der Waals surface area (Å²) in [5.41, 5.74) is 1.86. The fraction of sp³-hybridized carbons (Fsp3) is 0.154. The maximum absolute atomic E-state index is 11.8. The third-order valence-corrected chi connectivity index (χ3v) is 2.16. The number of rotatable bonds is 2. The van der Waals surface area contributed by atoms with E-state index >= 15 is 0 Å². The summed E-state index contributed by atoms with van der Waals surface area (Å²) in [4.78, 5) is 19.9. The standard InChI is InChI=1S/C13H12N2O2/c1-9-5-3-7-11(14-9)13(16)17-12-8-4-6-10(2)15-12/h3-8H,1-2H3. The normalized spacial score (nSPS) is 10.0. The Morgan fingerprint density at radius 1 is 1.00 bits per heavy atom. The van der Waals surface area contributed by atoms with Gasteiger partial charge in [-0.1, -0.05) is 12.1 Å². The predicted octanol–water partition coefficient (Wildman–Crippen LogP) is 2.31. The second kappa shape index (κ2) is 4.74. The molecule has 0 saturated carbocycles. The second-order valence-corrected chi connectivity index (χ2v) is 3.67. The van der Waals surface area contributed by atoms with Crippen molar-refractivity contribution in [1.29, 1.82) is 0 Å². The SMILES string of the molecule is Cc1cccc(OC(=O)c2cccc(C)n2)n1. The van der Waals surface area contributed by atoms with Gasteiger partial charge in [-0.3, -0.25) is 0 Å². The van der Waals surface area contributed by atoms with Crippen LogP contribution in [0.4, 0.5) is 0 Å². The molecule has 0 atom stereocenters. The molecule has 0 aliphatic carbocycles. The largest absolute Gasteiger partial charge is 0.403 e. The van der Waals surface area contributed by atoms with E-state index in [2.05, 4.69) is 9.97 Å². The summed E-state index contributed by atoms with van der Waals surface area (Å²) in [5.74, 6) is -0.204. The van der Waals surface area contributed by atoms with Gasteiger partial charge in [0.1, 0.15) is 5.69 Å². The maximum atomic E-state index is 11.8. The Morgan fingerprint density at radius 2 is 1.65 bits per heavy atom. The number of ether oxygens (including phenoxy) is 1. The van der Waals surface area contributed by atoms with E-state index in [1.807, 2.05) is 26.0 Å². The van der Waals surface area contributed by atoms with Gasteiger partial charge < -0.3 is 4.74 Å². The molecule has 0 amide bonds. The fourth-order valence-corrected chi connectivity index (χ4v) is 1.38. The van der Waals surface area contributed by atoms with Gasteiger partial charge in [0.05, 0.1) is 0 Å². The van der Waals surface area contributed by atoms with E-state index in [-0.39, 0.29) is 5.69 Å². The molecule has 2 aromatic heterocycles. The summed E-state index contributed by atoms with van der Waals surface area (Å²) in [6.45, 7) is 3.66. The minimum absolute atomic E-state index is 0.285. The molecule has 2 rings (SSSR count). The molecule has 4 heteroatoms. The van der Waals surface area contributed by atoms with Crippen LogP contribution in [0.2, 0.25) is 0 Å². The van der Waals surface area contributed by atoms with Gasteiger partial charge >= 0.3 is 5.97 Å². The lowest BCUT2D eigenvalue weighted by Crippen LogP contribution is -2.11. The Bertz CT molecular complexity index is 553. The smallest absolute Gasteiger partial charge is 0.363 e. The molecular formula is C13H12N2O2. The molecule has 17 heavy (non-hydrogen) atoms. The summed E-state index contributed by atoms with van der Waals surface area (Å²) in [5, 5.41) is 0. The molecule has 0 aromatic carbocycles. The van der Waals surface area contributed by atoms with Gasteiger partial charge in [-0.2, -0.15) is 0 Å². The third kappa shape index (κ3) is 2.87. The maximum Gasteiger partial charge on any atom is 0.363 e. The van der Waals surface area contributed by atoms with Crippen LogP contribution in [-0.2, 0) is 0 Å². The summed E-state index contributed by atoms with van der Waals surface area (Å²) in [7, 11) is 0. The van der Waals surface area contributed by atoms with Crippen molar-refractivity contribution in [3.63, 3.8) is 0 Å². The lowest BCUT2D eigenvalue weighted by molar-refractivity contribution is 0.0721. The first-order valence-corrected chi connectivity index (χ1v) is 5.24. The highest BCUT2D eigenvalue weighted by molar-refractivity contribution is 5.88. The Kier molecular flexibility index (Phi) is 3.14. The molecule has 2 heterocycles. The van der Waals surface area contributed by atoms with Gasteiger partial charge in [0.2, 0.25) is 5.88 Å². The number of aromatic nitrogens is 2. The monoisotopic (exact) mass is 228 g/mol. The molecule has 0 N–H and O–H groups in total. The molecule has 0 fully saturated rings. The van der Waals surface area contributed by atoms with E-state index in [9.17, 15) is 4.79 Å². The highest BCUT2D eigenvalue weighted by Gasteiger charge is 2.10. The number of nitrogens with zero attached hydrogens (tertiary/aromatic N) is 2. The average molecular weight is 228 g/mol. The van der Waals surface area contributed by atoms with Gasteiger partial charge in [-0.25, -0.2) is 14.8 Å². The van der Waals surface area contributed by atoms with Crippen molar-refractivity contribution >= 4 is 5.97 Å². The Hall–Kier alpha value is -2.23. The lowest BCUT2D eigenvalue weighted by Gasteiger charge is -2.03. The van der Waals surface area contributed by atoms with E-state index in [4.69, 9.17) is 4.74 Å². The van der Waals surface area contributed by atoms with Crippen LogP contribution in [0.5, 0.6) is 5.88 Å². The summed E-state index contributed by atoms with van der Waals surface area (Å²) < 4.78 is 5.12. The van der Waals surface area contributed by atoms with Gasteiger partial charge in [0.25, 0.3) is 0 Å². The van der Waals surface area contributed by atoms with E-state index in [0.717, 1.165) is 11.4 Å². The van der Waals surface area contributed by atoms with E-state index in [1.165, 1.54) is 0 Å². The molecular weight excluding hydrogens is 216 g/mol. The number of carbonyl (C=O) groups excluding carboxylic acids is 1. The molecule has 0 spiro atoms. The van der Waals surface area contributed by atoms with Crippen molar-refractivity contribution in [3.05, 3.63) is 53.5 Å². The number of aryl methyl sites for hydroxylation is 2. The zero-order valence-electron chi connectivity index (χ0n) is 9.68. The van der Waals surface area contributed by atoms with Crippen molar-refractivity contribution in [2.75, 3.05) is 0 Å². The summed E-state index contributed by atoms with van der Waals surface area (Å²) in [6.07, 6.45) is 0. The van der Waals surface area contributed by atoms with Crippen LogP contribution in [0.15, 0.2) is 36.4 Å². The van der Waals surface area contributed by atoms with E-state index < -0.39 is 5.97 Å². The quantitative estimate of drug-likeness (QED) is 0.740. The van der Waals surface area contributed by atoms with Crippen LogP contribution in [0.25, 0.3) is 0 Å². The van der Waals surface area contributed by atoms with Crippen LogP contribution in [0.3, 0.4) is 0 Å². The molecule has 0 unspecified atom stereocenters. The van der Waals surface area contributed by atoms with Gasteiger partial charge in [0, 0.05) is 17.5 Å². The topological polar surface area (TPSA) is 52.1 Å². The molecule has 2 aromatic rings. The van der Waals surface area contributed by atoms with Crippen molar-refractivity contribution in [2.24, 2.45) is 0 Å². The molecule has 0 radical (unpaired) electrons. The molecule has 4 nitrogen and oxygen atoms in total. The minimum Gasteiger partial charge on any atom is -0.403 e. The number of esters is 1. The Balaban J connectivity index is 2.17. The zero-order chi connectivity index (χ0) is 12.3. The van der Waals surface area contributed by atoms with E-state index in [0.29, 0.717) is 5.88 Å². The van der Waals surface area contributed by atoms with Crippen LogP contribution in [0.1, 0.15) is 21.9 Å². The van der Waals surface area contributed by atoms with Crippen molar-refractivity contribution in [1.82, 2.24) is 9.97 Å². The van der Waals surface area contributed by atoms with Crippen LogP contribution in [0, 0.1) is 13.8 Å². The van der Waals surface area contributed by atoms with Gasteiger partial charge in [0.15, 0.2) is 0 Å². The van der Waals surface area contributed by atoms with Crippen LogP contribution in [-0.4, -0.2) is 15.9 Å². The summed E-state index contributed by atoms with van der Waals surface area (Å²) >= 11 is 0. The minimum atomic E-state index is -0.494. The van der Waals surface area contributed by atoms with E-state index in [1.54, 1.807) is 24.3 Å². The average Bonchev–Trinajstić information content (AvgIpc) is 2.29. The highest BCUT2D eigenvalue weighted by Crippen LogP contribution is 2.09.